The van der Waals surface area contributed by atoms with Gasteiger partial charge in [0.1, 0.15) is 0 Å². The molecule has 0 unspecified atom stereocenters. The Hall–Kier alpha value is -1.68. The van der Waals surface area contributed by atoms with E-state index in [1.54, 1.807) is 24.5 Å². The van der Waals surface area contributed by atoms with E-state index in [4.69, 9.17) is 0 Å². The molecule has 2 aromatic rings. The number of methoxy groups -OCH3 is 1. The molecule has 0 spiro atoms. The van der Waals surface area contributed by atoms with Crippen molar-refractivity contribution in [2.24, 2.45) is 0 Å². The summed E-state index contributed by atoms with van der Waals surface area (Å²) in [7, 11) is 1.37. The average Bonchev–Trinajstić information content (AvgIpc) is 2.39. The van der Waals surface area contributed by atoms with Gasteiger partial charge >= 0.3 is 5.97 Å². The SMILES string of the molecule is Br.COC(=O)c1ccc(-c2ccncc2)cc1. The number of benzene rings is 1. The van der Waals surface area contributed by atoms with E-state index in [2.05, 4.69) is 9.72 Å². The minimum absolute atomic E-state index is 0. The van der Waals surface area contributed by atoms with Gasteiger partial charge in [0.2, 0.25) is 0 Å². The van der Waals surface area contributed by atoms with Gasteiger partial charge in [0.05, 0.1) is 12.7 Å². The van der Waals surface area contributed by atoms with E-state index in [0.29, 0.717) is 5.56 Å². The summed E-state index contributed by atoms with van der Waals surface area (Å²) >= 11 is 0. The van der Waals surface area contributed by atoms with Crippen molar-refractivity contribution < 1.29 is 9.53 Å². The molecule has 0 atom stereocenters. The zero-order valence-corrected chi connectivity index (χ0v) is 11.0. The first-order chi connectivity index (χ1) is 7.81. The number of carbonyl (C=O) groups excluding carboxylic acids is 1. The molecule has 1 aromatic heterocycles. The first-order valence-electron chi connectivity index (χ1n) is 4.90. The van der Waals surface area contributed by atoms with Gasteiger partial charge in [-0.3, -0.25) is 4.98 Å². The number of nitrogens with zero attached hydrogens (tertiary/aromatic N) is 1. The number of pyridine rings is 1. The lowest BCUT2D eigenvalue weighted by Gasteiger charge is -2.02. The van der Waals surface area contributed by atoms with Gasteiger partial charge in [-0.15, -0.1) is 17.0 Å². The van der Waals surface area contributed by atoms with Crippen molar-refractivity contribution in [3.63, 3.8) is 0 Å². The highest BCUT2D eigenvalue weighted by Gasteiger charge is 2.04. The minimum atomic E-state index is -0.318. The first kappa shape index (κ1) is 13.4. The maximum atomic E-state index is 11.2. The summed E-state index contributed by atoms with van der Waals surface area (Å²) in [6, 6.07) is 11.1. The lowest BCUT2D eigenvalue weighted by atomic mass is 10.1. The number of rotatable bonds is 2. The summed E-state index contributed by atoms with van der Waals surface area (Å²) in [6.45, 7) is 0. The number of halogens is 1. The van der Waals surface area contributed by atoms with Crippen LogP contribution in [-0.4, -0.2) is 18.1 Å². The van der Waals surface area contributed by atoms with Crippen LogP contribution in [0.15, 0.2) is 48.8 Å². The zero-order valence-electron chi connectivity index (χ0n) is 9.29. The molecule has 1 heterocycles. The van der Waals surface area contributed by atoms with Gasteiger partial charge in [0.25, 0.3) is 0 Å². The molecule has 0 aliphatic carbocycles. The Morgan fingerprint density at radius 1 is 1.00 bits per heavy atom. The molecule has 0 aliphatic heterocycles. The smallest absolute Gasteiger partial charge is 0.337 e. The lowest BCUT2D eigenvalue weighted by Crippen LogP contribution is -2.00. The number of aromatic nitrogens is 1. The largest absolute Gasteiger partial charge is 0.465 e. The van der Waals surface area contributed by atoms with Crippen molar-refractivity contribution >= 4 is 23.0 Å². The molecular formula is C13H12BrNO2. The van der Waals surface area contributed by atoms with Crippen LogP contribution in [0.4, 0.5) is 0 Å². The Labute approximate surface area is 110 Å². The van der Waals surface area contributed by atoms with E-state index >= 15 is 0 Å². The second kappa shape index (κ2) is 6.15. The van der Waals surface area contributed by atoms with Crippen molar-refractivity contribution in [3.05, 3.63) is 54.4 Å². The highest BCUT2D eigenvalue weighted by atomic mass is 79.9. The number of carbonyl (C=O) groups is 1. The molecule has 1 aromatic carbocycles. The lowest BCUT2D eigenvalue weighted by molar-refractivity contribution is 0.0601. The average molecular weight is 294 g/mol. The zero-order chi connectivity index (χ0) is 11.4. The van der Waals surface area contributed by atoms with Crippen LogP contribution in [0.5, 0.6) is 0 Å². The van der Waals surface area contributed by atoms with E-state index in [0.717, 1.165) is 11.1 Å². The van der Waals surface area contributed by atoms with Crippen molar-refractivity contribution in [2.75, 3.05) is 7.11 Å². The summed E-state index contributed by atoms with van der Waals surface area (Å²) in [5.41, 5.74) is 2.68. The number of hydrogen-bond donors (Lipinski definition) is 0. The first-order valence-corrected chi connectivity index (χ1v) is 4.90. The third-order valence-electron chi connectivity index (χ3n) is 2.32. The van der Waals surface area contributed by atoms with Crippen LogP contribution < -0.4 is 0 Å². The fourth-order valence-corrected chi connectivity index (χ4v) is 1.46. The Morgan fingerprint density at radius 3 is 2.06 bits per heavy atom. The minimum Gasteiger partial charge on any atom is -0.465 e. The molecule has 0 saturated heterocycles. The molecule has 0 aliphatic rings. The molecule has 3 nitrogen and oxygen atoms in total. The third kappa shape index (κ3) is 3.14. The number of hydrogen-bond acceptors (Lipinski definition) is 3. The van der Waals surface area contributed by atoms with Crippen LogP contribution >= 0.6 is 17.0 Å². The van der Waals surface area contributed by atoms with Gasteiger partial charge in [-0.25, -0.2) is 4.79 Å². The van der Waals surface area contributed by atoms with Gasteiger partial charge in [-0.2, -0.15) is 0 Å². The third-order valence-corrected chi connectivity index (χ3v) is 2.32. The molecule has 88 valence electrons. The van der Waals surface area contributed by atoms with E-state index in [-0.39, 0.29) is 23.0 Å². The maximum absolute atomic E-state index is 11.2. The molecule has 0 radical (unpaired) electrons. The second-order valence-electron chi connectivity index (χ2n) is 3.30. The van der Waals surface area contributed by atoms with Gasteiger partial charge in [-0.05, 0) is 35.4 Å². The van der Waals surface area contributed by atoms with Crippen LogP contribution in [0.1, 0.15) is 10.4 Å². The summed E-state index contributed by atoms with van der Waals surface area (Å²) in [6.07, 6.45) is 3.48. The molecule has 4 heteroatoms. The van der Waals surface area contributed by atoms with Crippen molar-refractivity contribution in [1.29, 1.82) is 0 Å². The molecule has 0 saturated carbocycles. The van der Waals surface area contributed by atoms with Crippen LogP contribution in [0.25, 0.3) is 11.1 Å². The van der Waals surface area contributed by atoms with Crippen LogP contribution in [0, 0.1) is 0 Å². The van der Waals surface area contributed by atoms with E-state index in [1.165, 1.54) is 7.11 Å². The Morgan fingerprint density at radius 2 is 1.53 bits per heavy atom. The summed E-state index contributed by atoms with van der Waals surface area (Å²) in [5, 5.41) is 0. The maximum Gasteiger partial charge on any atom is 0.337 e. The summed E-state index contributed by atoms with van der Waals surface area (Å²) < 4.78 is 4.63. The van der Waals surface area contributed by atoms with Crippen molar-refractivity contribution in [3.8, 4) is 11.1 Å². The molecule has 2 rings (SSSR count). The van der Waals surface area contributed by atoms with Gasteiger partial charge < -0.3 is 4.74 Å². The van der Waals surface area contributed by atoms with Crippen molar-refractivity contribution in [1.82, 2.24) is 4.98 Å². The second-order valence-corrected chi connectivity index (χ2v) is 3.30. The molecular weight excluding hydrogens is 282 g/mol. The van der Waals surface area contributed by atoms with Crippen LogP contribution in [0.3, 0.4) is 0 Å². The Balaban J connectivity index is 0.00000144. The quantitative estimate of drug-likeness (QED) is 0.799. The molecule has 0 bridgehead atoms. The van der Waals surface area contributed by atoms with Gasteiger partial charge in [0.15, 0.2) is 0 Å². The molecule has 0 N–H and O–H groups in total. The van der Waals surface area contributed by atoms with E-state index in [9.17, 15) is 4.79 Å². The summed E-state index contributed by atoms with van der Waals surface area (Å²) in [5.74, 6) is -0.318. The highest BCUT2D eigenvalue weighted by Crippen LogP contribution is 2.18. The fourth-order valence-electron chi connectivity index (χ4n) is 1.46. The molecule has 0 fully saturated rings. The fraction of sp³-hybridized carbons (Fsp3) is 0.0769. The predicted octanol–water partition coefficient (Wildman–Crippen LogP) is 3.11. The van der Waals surface area contributed by atoms with Gasteiger partial charge in [0, 0.05) is 12.4 Å². The van der Waals surface area contributed by atoms with E-state index in [1.807, 2.05) is 24.3 Å². The predicted molar refractivity (Wildman–Crippen MR) is 71.3 cm³/mol. The van der Waals surface area contributed by atoms with Crippen molar-refractivity contribution in [2.45, 2.75) is 0 Å². The normalized spacial score (nSPS) is 9.24. The molecule has 17 heavy (non-hydrogen) atoms. The van der Waals surface area contributed by atoms with Crippen LogP contribution in [0.2, 0.25) is 0 Å². The highest BCUT2D eigenvalue weighted by molar-refractivity contribution is 8.93. The van der Waals surface area contributed by atoms with Crippen LogP contribution in [-0.2, 0) is 4.74 Å². The van der Waals surface area contributed by atoms with E-state index < -0.39 is 0 Å². The topological polar surface area (TPSA) is 39.2 Å². The number of esters is 1. The molecule has 0 amide bonds. The summed E-state index contributed by atoms with van der Waals surface area (Å²) in [4.78, 5) is 15.2. The number of ether oxygens (including phenoxy) is 1. The Bertz CT molecular complexity index is 483. The standard InChI is InChI=1S/C13H11NO2.BrH/c1-16-13(15)12-4-2-10(3-5-12)11-6-8-14-9-7-11;/h2-9H,1H3;1H. The Kier molecular flexibility index (Phi) is 4.84. The van der Waals surface area contributed by atoms with Gasteiger partial charge in [-0.1, -0.05) is 12.1 Å². The monoisotopic (exact) mass is 293 g/mol.